The van der Waals surface area contributed by atoms with Crippen LogP contribution in [0.4, 0.5) is 0 Å². The maximum Gasteiger partial charge on any atom is 0.141 e. The molecule has 0 fully saturated rings. The van der Waals surface area contributed by atoms with E-state index < -0.39 is 0 Å². The van der Waals surface area contributed by atoms with Crippen LogP contribution in [0.25, 0.3) is 10.7 Å². The van der Waals surface area contributed by atoms with Crippen LogP contribution < -0.4 is 5.32 Å². The highest BCUT2D eigenvalue weighted by atomic mass is 32.1. The Hall–Kier alpha value is -1.20. The molecule has 0 aliphatic heterocycles. The maximum atomic E-state index is 4.49. The molecule has 0 amide bonds. The van der Waals surface area contributed by atoms with Crippen molar-refractivity contribution in [3.05, 3.63) is 23.6 Å². The Labute approximate surface area is 106 Å². The summed E-state index contributed by atoms with van der Waals surface area (Å²) >= 11 is 1.73. The average Bonchev–Trinajstić information content (AvgIpc) is 2.96. The fourth-order valence-electron chi connectivity index (χ4n) is 1.67. The van der Waals surface area contributed by atoms with Crippen molar-refractivity contribution in [1.82, 2.24) is 19.9 Å². The second-order valence-electron chi connectivity index (χ2n) is 4.05. The molecule has 5 heteroatoms. The summed E-state index contributed by atoms with van der Waals surface area (Å²) in [6, 6.07) is 0.351. The second kappa shape index (κ2) is 5.42. The van der Waals surface area contributed by atoms with Gasteiger partial charge in [0.15, 0.2) is 0 Å². The Morgan fingerprint density at radius 2 is 2.29 bits per heavy atom. The van der Waals surface area contributed by atoms with Crippen LogP contribution in [0.1, 0.15) is 31.2 Å². The first kappa shape index (κ1) is 12.3. The maximum absolute atomic E-state index is 4.49. The van der Waals surface area contributed by atoms with Gasteiger partial charge in [-0.05, 0) is 20.4 Å². The number of aromatic nitrogens is 3. The van der Waals surface area contributed by atoms with Crippen LogP contribution in [0.15, 0.2) is 18.7 Å². The smallest absolute Gasteiger partial charge is 0.141 e. The molecular formula is C12H18N4S. The molecule has 0 bridgehead atoms. The predicted octanol–water partition coefficient (Wildman–Crippen LogP) is 2.70. The van der Waals surface area contributed by atoms with E-state index in [9.17, 15) is 0 Å². The molecular weight excluding hydrogens is 232 g/mol. The van der Waals surface area contributed by atoms with E-state index in [0.717, 1.165) is 23.7 Å². The monoisotopic (exact) mass is 250 g/mol. The standard InChI is InChI=1S/C12H18N4S/c1-4-5-16-8-14-6-10(16)12-15-7-11(17-12)9(2)13-3/h6-9,13H,4-5H2,1-3H3. The van der Waals surface area contributed by atoms with Gasteiger partial charge in [0.1, 0.15) is 5.01 Å². The number of hydrogen-bond donors (Lipinski definition) is 1. The molecule has 0 radical (unpaired) electrons. The van der Waals surface area contributed by atoms with E-state index >= 15 is 0 Å². The zero-order valence-corrected chi connectivity index (χ0v) is 11.3. The van der Waals surface area contributed by atoms with Crippen LogP contribution in [0, 0.1) is 0 Å². The van der Waals surface area contributed by atoms with Gasteiger partial charge in [-0.2, -0.15) is 0 Å². The molecule has 0 aliphatic carbocycles. The van der Waals surface area contributed by atoms with Gasteiger partial charge in [0.05, 0.1) is 18.2 Å². The van der Waals surface area contributed by atoms with Crippen LogP contribution in [0.3, 0.4) is 0 Å². The SMILES string of the molecule is CCCn1cncc1-c1ncc(C(C)NC)s1. The Kier molecular flexibility index (Phi) is 3.91. The largest absolute Gasteiger partial charge is 0.329 e. The lowest BCUT2D eigenvalue weighted by Gasteiger charge is -2.05. The summed E-state index contributed by atoms with van der Waals surface area (Å²) in [6.45, 7) is 5.30. The minimum atomic E-state index is 0.351. The molecule has 0 saturated carbocycles. The van der Waals surface area contributed by atoms with Crippen LogP contribution in [-0.4, -0.2) is 21.6 Å². The van der Waals surface area contributed by atoms with Gasteiger partial charge >= 0.3 is 0 Å². The molecule has 0 saturated heterocycles. The summed E-state index contributed by atoms with van der Waals surface area (Å²) in [5, 5.41) is 4.28. The molecule has 0 spiro atoms. The van der Waals surface area contributed by atoms with E-state index in [1.807, 2.05) is 25.8 Å². The molecule has 0 aromatic carbocycles. The lowest BCUT2D eigenvalue weighted by Crippen LogP contribution is -2.10. The number of imidazole rings is 1. The molecule has 0 aliphatic rings. The molecule has 2 aromatic rings. The summed E-state index contributed by atoms with van der Waals surface area (Å²) < 4.78 is 2.16. The van der Waals surface area contributed by atoms with E-state index in [1.165, 1.54) is 4.88 Å². The summed E-state index contributed by atoms with van der Waals surface area (Å²) in [6.07, 6.45) is 6.82. The van der Waals surface area contributed by atoms with E-state index in [0.29, 0.717) is 6.04 Å². The third kappa shape index (κ3) is 2.56. The third-order valence-electron chi connectivity index (χ3n) is 2.78. The van der Waals surface area contributed by atoms with Gasteiger partial charge in [-0.25, -0.2) is 9.97 Å². The molecule has 1 N–H and O–H groups in total. The number of nitrogens with zero attached hydrogens (tertiary/aromatic N) is 3. The minimum Gasteiger partial charge on any atom is -0.329 e. The van der Waals surface area contributed by atoms with Crippen LogP contribution in [0.5, 0.6) is 0 Å². The summed E-state index contributed by atoms with van der Waals surface area (Å²) in [5.41, 5.74) is 1.12. The van der Waals surface area contributed by atoms with Gasteiger partial charge in [-0.1, -0.05) is 6.92 Å². The van der Waals surface area contributed by atoms with Crippen molar-refractivity contribution in [2.45, 2.75) is 32.9 Å². The van der Waals surface area contributed by atoms with Crippen molar-refractivity contribution in [3.63, 3.8) is 0 Å². The number of hydrogen-bond acceptors (Lipinski definition) is 4. The first-order valence-corrected chi connectivity index (χ1v) is 6.71. The first-order valence-electron chi connectivity index (χ1n) is 5.89. The molecule has 2 aromatic heterocycles. The summed E-state index contributed by atoms with van der Waals surface area (Å²) in [7, 11) is 1.96. The van der Waals surface area contributed by atoms with E-state index in [4.69, 9.17) is 0 Å². The molecule has 2 rings (SSSR count). The molecule has 92 valence electrons. The second-order valence-corrected chi connectivity index (χ2v) is 5.11. The summed E-state index contributed by atoms with van der Waals surface area (Å²) in [5.74, 6) is 0. The van der Waals surface area contributed by atoms with Gasteiger partial charge in [0.2, 0.25) is 0 Å². The predicted molar refractivity (Wildman–Crippen MR) is 71.1 cm³/mol. The lowest BCUT2D eigenvalue weighted by atomic mass is 10.3. The quantitative estimate of drug-likeness (QED) is 0.887. The fraction of sp³-hybridized carbons (Fsp3) is 0.500. The number of aryl methyl sites for hydroxylation is 1. The van der Waals surface area contributed by atoms with Gasteiger partial charge in [-0.15, -0.1) is 11.3 Å². The minimum absolute atomic E-state index is 0.351. The van der Waals surface area contributed by atoms with E-state index in [1.54, 1.807) is 11.3 Å². The van der Waals surface area contributed by atoms with E-state index in [-0.39, 0.29) is 0 Å². The summed E-state index contributed by atoms with van der Waals surface area (Å²) in [4.78, 5) is 9.95. The van der Waals surface area contributed by atoms with Crippen molar-refractivity contribution in [2.75, 3.05) is 7.05 Å². The fourth-order valence-corrected chi connectivity index (χ4v) is 2.67. The molecule has 4 nitrogen and oxygen atoms in total. The Morgan fingerprint density at radius 3 is 3.00 bits per heavy atom. The van der Waals surface area contributed by atoms with Crippen LogP contribution in [0.2, 0.25) is 0 Å². The lowest BCUT2D eigenvalue weighted by molar-refractivity contribution is 0.662. The van der Waals surface area contributed by atoms with Gasteiger partial charge in [-0.3, -0.25) is 0 Å². The third-order valence-corrected chi connectivity index (χ3v) is 3.98. The van der Waals surface area contributed by atoms with Gasteiger partial charge < -0.3 is 9.88 Å². The zero-order chi connectivity index (χ0) is 12.3. The molecule has 2 heterocycles. The highest BCUT2D eigenvalue weighted by Crippen LogP contribution is 2.28. The zero-order valence-electron chi connectivity index (χ0n) is 10.5. The Bertz CT molecular complexity index is 474. The Balaban J connectivity index is 2.27. The van der Waals surface area contributed by atoms with Crippen molar-refractivity contribution >= 4 is 11.3 Å². The highest BCUT2D eigenvalue weighted by molar-refractivity contribution is 7.15. The number of nitrogens with one attached hydrogen (secondary N) is 1. The topological polar surface area (TPSA) is 42.7 Å². The molecule has 17 heavy (non-hydrogen) atoms. The van der Waals surface area contributed by atoms with Crippen LogP contribution in [-0.2, 0) is 6.54 Å². The van der Waals surface area contributed by atoms with Gasteiger partial charge in [0.25, 0.3) is 0 Å². The van der Waals surface area contributed by atoms with Gasteiger partial charge in [0, 0.05) is 23.7 Å². The Morgan fingerprint density at radius 1 is 1.47 bits per heavy atom. The number of thiazole rings is 1. The normalized spacial score (nSPS) is 12.9. The average molecular weight is 250 g/mol. The van der Waals surface area contributed by atoms with E-state index in [2.05, 4.69) is 33.7 Å². The molecule has 1 unspecified atom stereocenters. The first-order chi connectivity index (χ1) is 8.26. The van der Waals surface area contributed by atoms with Crippen LogP contribution >= 0.6 is 11.3 Å². The molecule has 1 atom stereocenters. The highest BCUT2D eigenvalue weighted by Gasteiger charge is 2.12. The van der Waals surface area contributed by atoms with Crippen molar-refractivity contribution in [2.24, 2.45) is 0 Å². The number of rotatable bonds is 5. The van der Waals surface area contributed by atoms with Crippen molar-refractivity contribution < 1.29 is 0 Å². The van der Waals surface area contributed by atoms with Crippen molar-refractivity contribution in [3.8, 4) is 10.7 Å². The van der Waals surface area contributed by atoms with Crippen molar-refractivity contribution in [1.29, 1.82) is 0 Å².